The molecule has 0 atom stereocenters. The maximum atomic E-state index is 11.1. The molecule has 0 unspecified atom stereocenters. The monoisotopic (exact) mass is 478 g/mol. The average Bonchev–Trinajstić information content (AvgIpc) is 2.60. The standard InChI is InChI=1S/C33H50O2/c1-29(2,3)23-15-21(16-24(27(23)34)30(4,5)6)19-33(13,14)20-22-17-25(31(7,8)9)28(35)26(18-22)32(10,11)12/h15-18,34-35H,13-14,19-20H2,1-12H3. The van der Waals surface area contributed by atoms with Crippen molar-refractivity contribution in [3.63, 3.8) is 0 Å². The highest BCUT2D eigenvalue weighted by molar-refractivity contribution is 5.51. The molecule has 0 saturated heterocycles. The van der Waals surface area contributed by atoms with Crippen LogP contribution in [0.15, 0.2) is 24.3 Å². The van der Waals surface area contributed by atoms with Gasteiger partial charge in [0.25, 0.3) is 0 Å². The van der Waals surface area contributed by atoms with Gasteiger partial charge in [-0.25, -0.2) is 0 Å². The van der Waals surface area contributed by atoms with E-state index in [1.807, 2.05) is 0 Å². The van der Waals surface area contributed by atoms with Gasteiger partial charge in [0.05, 0.1) is 0 Å². The van der Waals surface area contributed by atoms with E-state index in [1.54, 1.807) is 0 Å². The Hall–Kier alpha value is -1.96. The van der Waals surface area contributed by atoms with Crippen LogP contribution in [-0.4, -0.2) is 10.2 Å². The summed E-state index contributed by atoms with van der Waals surface area (Å²) >= 11 is 0. The molecule has 0 aliphatic heterocycles. The van der Waals surface area contributed by atoms with Gasteiger partial charge in [-0.2, -0.15) is 0 Å². The van der Waals surface area contributed by atoms with Gasteiger partial charge < -0.3 is 10.2 Å². The van der Waals surface area contributed by atoms with Gasteiger partial charge in [-0.1, -0.05) is 107 Å². The zero-order valence-electron chi connectivity index (χ0n) is 24.5. The summed E-state index contributed by atoms with van der Waals surface area (Å²) in [5, 5.41) is 22.2. The fourth-order valence-electron chi connectivity index (χ4n) is 4.81. The minimum Gasteiger partial charge on any atom is -0.507 e. The largest absolute Gasteiger partial charge is 0.507 e. The van der Waals surface area contributed by atoms with Gasteiger partial charge in [0.1, 0.15) is 11.5 Å². The number of rotatable bonds is 4. The number of hydrogen-bond acceptors (Lipinski definition) is 2. The molecule has 2 aromatic rings. The van der Waals surface area contributed by atoms with Crippen molar-refractivity contribution in [1.82, 2.24) is 0 Å². The Labute approximate surface area is 216 Å². The number of phenols is 2. The highest BCUT2D eigenvalue weighted by Crippen LogP contribution is 2.43. The van der Waals surface area contributed by atoms with Crippen LogP contribution in [0.5, 0.6) is 11.5 Å². The molecule has 2 rings (SSSR count). The molecule has 0 aromatic heterocycles. The summed E-state index contributed by atoms with van der Waals surface area (Å²) in [4.78, 5) is 0. The smallest absolute Gasteiger partial charge is 0.123 e. The van der Waals surface area contributed by atoms with E-state index < -0.39 is 5.41 Å². The maximum Gasteiger partial charge on any atom is 0.123 e. The SMILES string of the molecule is [CH2]C([CH2])(Cc1cc(C(C)(C)C)c(O)c(C(C)(C)C)c1)Cc1cc(C(C)(C)C)c(O)c(C(C)(C)C)c1. The zero-order valence-corrected chi connectivity index (χ0v) is 24.5. The van der Waals surface area contributed by atoms with Crippen LogP contribution in [0.3, 0.4) is 0 Å². The molecule has 194 valence electrons. The molecule has 0 saturated carbocycles. The molecule has 2 nitrogen and oxygen atoms in total. The van der Waals surface area contributed by atoms with Crippen molar-refractivity contribution < 1.29 is 10.2 Å². The highest BCUT2D eigenvalue weighted by Gasteiger charge is 2.30. The summed E-state index contributed by atoms with van der Waals surface area (Å²) in [6.45, 7) is 34.7. The average molecular weight is 479 g/mol. The zero-order chi connectivity index (χ0) is 27.4. The van der Waals surface area contributed by atoms with E-state index in [1.165, 1.54) is 0 Å². The molecule has 0 aliphatic carbocycles. The molecule has 0 spiro atoms. The first kappa shape index (κ1) is 29.3. The molecule has 0 aliphatic rings. The first-order valence-electron chi connectivity index (χ1n) is 12.9. The van der Waals surface area contributed by atoms with Crippen LogP contribution in [0.1, 0.15) is 116 Å². The molecule has 2 aromatic carbocycles. The molecule has 2 heteroatoms. The summed E-state index contributed by atoms with van der Waals surface area (Å²) in [5.74, 6) is 0.797. The molecular formula is C33H50O2. The first-order valence-corrected chi connectivity index (χ1v) is 12.9. The van der Waals surface area contributed by atoms with Crippen LogP contribution in [0.25, 0.3) is 0 Å². The fourth-order valence-corrected chi connectivity index (χ4v) is 4.81. The van der Waals surface area contributed by atoms with E-state index in [2.05, 4.69) is 121 Å². The van der Waals surface area contributed by atoms with Gasteiger partial charge in [0.15, 0.2) is 0 Å². The predicted octanol–water partition coefficient (Wildman–Crippen LogP) is 8.73. The lowest BCUT2D eigenvalue weighted by molar-refractivity contribution is 0.418. The van der Waals surface area contributed by atoms with E-state index in [0.717, 1.165) is 33.4 Å². The van der Waals surface area contributed by atoms with Crippen molar-refractivity contribution in [2.24, 2.45) is 5.41 Å². The van der Waals surface area contributed by atoms with E-state index in [9.17, 15) is 10.2 Å². The third-order valence-corrected chi connectivity index (χ3v) is 6.73. The van der Waals surface area contributed by atoms with Gasteiger partial charge in [-0.3, -0.25) is 0 Å². The Morgan fingerprint density at radius 3 is 0.857 bits per heavy atom. The molecule has 2 radical (unpaired) electrons. The van der Waals surface area contributed by atoms with Crippen molar-refractivity contribution in [3.8, 4) is 11.5 Å². The van der Waals surface area contributed by atoms with Crippen LogP contribution < -0.4 is 0 Å². The van der Waals surface area contributed by atoms with Crippen LogP contribution in [-0.2, 0) is 34.5 Å². The molecule has 0 amide bonds. The Morgan fingerprint density at radius 2 is 0.686 bits per heavy atom. The molecular weight excluding hydrogens is 428 g/mol. The van der Waals surface area contributed by atoms with Gasteiger partial charge in [-0.05, 0) is 87.1 Å². The second kappa shape index (κ2) is 9.16. The van der Waals surface area contributed by atoms with Crippen molar-refractivity contribution in [2.75, 3.05) is 0 Å². The van der Waals surface area contributed by atoms with E-state index in [4.69, 9.17) is 0 Å². The second-order valence-electron chi connectivity index (χ2n) is 14.9. The number of aromatic hydroxyl groups is 2. The predicted molar refractivity (Wildman–Crippen MR) is 152 cm³/mol. The van der Waals surface area contributed by atoms with E-state index in [-0.39, 0.29) is 21.7 Å². The Kier molecular flexibility index (Phi) is 7.66. The van der Waals surface area contributed by atoms with Crippen molar-refractivity contribution in [1.29, 1.82) is 0 Å². The summed E-state index contributed by atoms with van der Waals surface area (Å²) in [5.41, 5.74) is 4.95. The van der Waals surface area contributed by atoms with Gasteiger partial charge in [-0.15, -0.1) is 0 Å². The van der Waals surface area contributed by atoms with Gasteiger partial charge >= 0.3 is 0 Å². The maximum absolute atomic E-state index is 11.1. The lowest BCUT2D eigenvalue weighted by atomic mass is 9.73. The molecule has 0 fully saturated rings. The third-order valence-electron chi connectivity index (χ3n) is 6.73. The third kappa shape index (κ3) is 7.05. The minimum absolute atomic E-state index is 0.175. The van der Waals surface area contributed by atoms with Crippen molar-refractivity contribution >= 4 is 0 Å². The van der Waals surface area contributed by atoms with Crippen molar-refractivity contribution in [2.45, 2.75) is 118 Å². The Bertz CT molecular complexity index is 903. The lowest BCUT2D eigenvalue weighted by Crippen LogP contribution is -2.23. The van der Waals surface area contributed by atoms with Crippen LogP contribution in [0.4, 0.5) is 0 Å². The highest BCUT2D eigenvalue weighted by atomic mass is 16.3. The number of benzene rings is 2. The van der Waals surface area contributed by atoms with E-state index >= 15 is 0 Å². The van der Waals surface area contributed by atoms with Gasteiger partial charge in [0, 0.05) is 0 Å². The fraction of sp³-hybridized carbons (Fsp3) is 0.576. The second-order valence-corrected chi connectivity index (χ2v) is 14.9. The Morgan fingerprint density at radius 1 is 0.486 bits per heavy atom. The summed E-state index contributed by atoms with van der Waals surface area (Å²) < 4.78 is 0. The molecule has 35 heavy (non-hydrogen) atoms. The topological polar surface area (TPSA) is 40.5 Å². The number of hydrogen-bond donors (Lipinski definition) is 2. The van der Waals surface area contributed by atoms with Gasteiger partial charge in [0.2, 0.25) is 0 Å². The van der Waals surface area contributed by atoms with E-state index in [0.29, 0.717) is 24.3 Å². The minimum atomic E-state index is -0.497. The number of phenolic OH excluding ortho intramolecular Hbond substituents is 2. The lowest BCUT2D eigenvalue weighted by Gasteiger charge is -2.32. The van der Waals surface area contributed by atoms with Crippen molar-refractivity contribution in [3.05, 3.63) is 71.5 Å². The molecule has 2 N–H and O–H groups in total. The normalized spacial score (nSPS) is 13.9. The first-order chi connectivity index (χ1) is 15.4. The summed E-state index contributed by atoms with van der Waals surface area (Å²) in [6.07, 6.45) is 1.38. The van der Waals surface area contributed by atoms with Crippen LogP contribution in [0.2, 0.25) is 0 Å². The van der Waals surface area contributed by atoms with Crippen LogP contribution in [0, 0.1) is 19.3 Å². The molecule has 0 heterocycles. The summed E-state index contributed by atoms with van der Waals surface area (Å²) in [7, 11) is 0. The Balaban J connectivity index is 2.57. The van der Waals surface area contributed by atoms with Crippen LogP contribution >= 0.6 is 0 Å². The summed E-state index contributed by atoms with van der Waals surface area (Å²) in [6, 6.07) is 8.53. The quantitative estimate of drug-likeness (QED) is 0.461. The molecule has 0 bridgehead atoms.